The van der Waals surface area contributed by atoms with E-state index < -0.39 is 29.0 Å². The van der Waals surface area contributed by atoms with Crippen LogP contribution >= 0.6 is 0 Å². The van der Waals surface area contributed by atoms with Gasteiger partial charge >= 0.3 is 168 Å². The second-order valence-corrected chi connectivity index (χ2v) is 9.49. The van der Waals surface area contributed by atoms with Gasteiger partial charge < -0.3 is 0 Å². The Balaban J connectivity index is 3.76. The summed E-state index contributed by atoms with van der Waals surface area (Å²) >= 11 is -2.78. The summed E-state index contributed by atoms with van der Waals surface area (Å²) in [7, 11) is 0. The summed E-state index contributed by atoms with van der Waals surface area (Å²) < 4.78 is 33.8. The fourth-order valence-electron chi connectivity index (χ4n) is 2.03. The van der Waals surface area contributed by atoms with Crippen LogP contribution in [-0.4, -0.2) is 59.5 Å². The Labute approximate surface area is 167 Å². The summed E-state index contributed by atoms with van der Waals surface area (Å²) in [6.07, 6.45) is 6.05. The van der Waals surface area contributed by atoms with Gasteiger partial charge in [0.1, 0.15) is 0 Å². The van der Waals surface area contributed by atoms with Crippen LogP contribution in [0, 0.1) is 0 Å². The molecule has 150 valence electrons. The Morgan fingerprint density at radius 2 is 0.720 bits per heavy atom. The van der Waals surface area contributed by atoms with Gasteiger partial charge in [0.05, 0.1) is 0 Å². The van der Waals surface area contributed by atoms with Gasteiger partial charge in [-0.15, -0.1) is 0 Å². The molecule has 0 aliphatic heterocycles. The van der Waals surface area contributed by atoms with Crippen LogP contribution in [0.2, 0.25) is 0 Å². The maximum atomic E-state index is 5.93. The molecule has 0 atom stereocenters. The van der Waals surface area contributed by atoms with Crippen molar-refractivity contribution in [3.05, 3.63) is 0 Å². The van der Waals surface area contributed by atoms with Gasteiger partial charge in [-0.25, -0.2) is 0 Å². The zero-order valence-corrected chi connectivity index (χ0v) is 19.5. The minimum atomic E-state index is -2.78. The zero-order valence-electron chi connectivity index (χ0n) is 16.6. The topological polar surface area (TPSA) is 55.4 Å². The van der Waals surface area contributed by atoms with Gasteiger partial charge in [0.2, 0.25) is 0 Å². The molecule has 0 aromatic rings. The molecule has 0 radical (unpaired) electrons. The molecule has 0 heterocycles. The molecule has 7 heteroatoms. The van der Waals surface area contributed by atoms with Gasteiger partial charge in [0.25, 0.3) is 0 Å². The Morgan fingerprint density at radius 1 is 0.440 bits per heavy atom. The van der Waals surface area contributed by atoms with Crippen LogP contribution < -0.4 is 0 Å². The zero-order chi connectivity index (χ0) is 18.4. The molecule has 0 fully saturated rings. The molecule has 0 amide bonds. The minimum absolute atomic E-state index is 0.714. The summed E-state index contributed by atoms with van der Waals surface area (Å²) in [6.45, 7) is 12.9. The van der Waals surface area contributed by atoms with E-state index in [9.17, 15) is 0 Å². The molecule has 0 rings (SSSR count). The molecule has 0 unspecified atom stereocenters. The fourth-order valence-corrected chi connectivity index (χ4v) is 5.39. The van der Waals surface area contributed by atoms with Gasteiger partial charge in [-0.1, -0.05) is 0 Å². The molecular weight excluding hydrogens is 401 g/mol. The van der Waals surface area contributed by atoms with E-state index in [1.165, 1.54) is 0 Å². The number of hydrogen-bond donors (Lipinski definition) is 0. The van der Waals surface area contributed by atoms with Crippen LogP contribution in [-0.2, 0) is 49.3 Å². The van der Waals surface area contributed by atoms with Gasteiger partial charge in [-0.05, 0) is 0 Å². The third-order valence-electron chi connectivity index (χ3n) is 3.42. The molecule has 6 nitrogen and oxygen atoms in total. The first-order chi connectivity index (χ1) is 12.3. The average Bonchev–Trinajstić information content (AvgIpc) is 2.63. The van der Waals surface area contributed by atoms with Crippen molar-refractivity contribution < 1.29 is 49.3 Å². The van der Waals surface area contributed by atoms with Crippen molar-refractivity contribution in [3.8, 4) is 0 Å². The predicted octanol–water partition coefficient (Wildman–Crippen LogP) is 3.85. The van der Waals surface area contributed by atoms with Crippen molar-refractivity contribution >= 4 is 0 Å². The Morgan fingerprint density at radius 3 is 1.00 bits per heavy atom. The number of unbranched alkanes of at least 4 members (excludes halogenated alkanes) is 3. The predicted molar refractivity (Wildman–Crippen MR) is 95.0 cm³/mol. The van der Waals surface area contributed by atoms with E-state index in [1.54, 1.807) is 0 Å². The van der Waals surface area contributed by atoms with E-state index in [2.05, 4.69) is 0 Å². The normalized spacial score (nSPS) is 11.2. The van der Waals surface area contributed by atoms with Crippen molar-refractivity contribution in [3.63, 3.8) is 0 Å². The standard InChI is InChI=1S/3C6H13O2.Y/c3*1-2-8-6-4-3-5-7;/h3*2-6H2,1H3;/q3*-1;+3. The van der Waals surface area contributed by atoms with Crippen LogP contribution in [0.5, 0.6) is 0 Å². The van der Waals surface area contributed by atoms with Gasteiger partial charge in [-0.3, -0.25) is 0 Å². The Bertz CT molecular complexity index is 208. The second kappa shape index (κ2) is 22.9. The molecule has 0 saturated heterocycles. The SMILES string of the molecule is CCOCCCC[O][Y]([O]CCCCOCC)[O]CCCCOCC. The first-order valence-corrected chi connectivity index (χ1v) is 13.4. The third kappa shape index (κ3) is 21.0. The van der Waals surface area contributed by atoms with E-state index in [4.69, 9.17) is 20.4 Å². The quantitative estimate of drug-likeness (QED) is 0.253. The molecule has 0 aliphatic rings. The van der Waals surface area contributed by atoms with Gasteiger partial charge in [0, 0.05) is 0 Å². The Kier molecular flexibility index (Phi) is 23.7. The number of ether oxygens (including phenoxy) is 3. The average molecular weight is 440 g/mol. The molecule has 0 spiro atoms. The van der Waals surface area contributed by atoms with E-state index in [0.29, 0.717) is 19.8 Å². The maximum absolute atomic E-state index is 5.93. The molecule has 0 aromatic heterocycles. The number of rotatable bonds is 21. The van der Waals surface area contributed by atoms with Crippen molar-refractivity contribution in [1.29, 1.82) is 0 Å². The van der Waals surface area contributed by atoms with E-state index in [0.717, 1.165) is 78.2 Å². The molecule has 0 N–H and O–H groups in total. The van der Waals surface area contributed by atoms with Crippen molar-refractivity contribution in [1.82, 2.24) is 0 Å². The monoisotopic (exact) mass is 440 g/mol. The van der Waals surface area contributed by atoms with E-state index >= 15 is 0 Å². The first kappa shape index (κ1) is 25.9. The molecule has 0 aliphatic carbocycles. The van der Waals surface area contributed by atoms with Crippen LogP contribution in [0.4, 0.5) is 0 Å². The summed E-state index contributed by atoms with van der Waals surface area (Å²) in [5.74, 6) is 0. The van der Waals surface area contributed by atoms with Crippen molar-refractivity contribution in [2.75, 3.05) is 59.5 Å². The summed E-state index contributed by atoms with van der Waals surface area (Å²) in [5.41, 5.74) is 0. The van der Waals surface area contributed by atoms with E-state index in [1.807, 2.05) is 20.8 Å². The number of hydrogen-bond acceptors (Lipinski definition) is 6. The molecule has 0 bridgehead atoms. The third-order valence-corrected chi connectivity index (χ3v) is 7.17. The molecule has 0 saturated carbocycles. The van der Waals surface area contributed by atoms with Crippen LogP contribution in [0.3, 0.4) is 0 Å². The van der Waals surface area contributed by atoms with Crippen LogP contribution in [0.1, 0.15) is 59.3 Å². The molecular formula is C18H39O6Y. The molecule has 0 aromatic carbocycles. The summed E-state index contributed by atoms with van der Waals surface area (Å²) in [4.78, 5) is 0. The Hall–Kier alpha value is 0.864. The summed E-state index contributed by atoms with van der Waals surface area (Å²) in [6, 6.07) is 0. The van der Waals surface area contributed by atoms with Crippen LogP contribution in [0.25, 0.3) is 0 Å². The van der Waals surface area contributed by atoms with Crippen molar-refractivity contribution in [2.45, 2.75) is 59.3 Å². The van der Waals surface area contributed by atoms with Gasteiger partial charge in [-0.2, -0.15) is 0 Å². The van der Waals surface area contributed by atoms with Crippen molar-refractivity contribution in [2.24, 2.45) is 0 Å². The molecule has 25 heavy (non-hydrogen) atoms. The van der Waals surface area contributed by atoms with Crippen LogP contribution in [0.15, 0.2) is 0 Å². The van der Waals surface area contributed by atoms with Gasteiger partial charge in [0.15, 0.2) is 0 Å². The first-order valence-electron chi connectivity index (χ1n) is 9.93. The summed E-state index contributed by atoms with van der Waals surface area (Å²) in [5, 5.41) is 0. The second-order valence-electron chi connectivity index (χ2n) is 5.61. The fraction of sp³-hybridized carbons (Fsp3) is 1.00. The van der Waals surface area contributed by atoms with E-state index in [-0.39, 0.29) is 0 Å².